The summed E-state index contributed by atoms with van der Waals surface area (Å²) in [5.74, 6) is -0.0472. The van der Waals surface area contributed by atoms with E-state index in [0.717, 1.165) is 36.9 Å². The lowest BCUT2D eigenvalue weighted by molar-refractivity contribution is 0.511. The summed E-state index contributed by atoms with van der Waals surface area (Å²) in [5.41, 5.74) is 2.94. The molecule has 0 heterocycles. The number of allylic oxidation sites excluding steroid dienone is 1. The van der Waals surface area contributed by atoms with E-state index in [1.165, 1.54) is 31.3 Å². The molecule has 1 nitrogen and oxygen atoms in total. The number of nitrogens with one attached hydrogen (secondary N) is 1. The number of benzene rings is 1. The first kappa shape index (κ1) is 16.2. The van der Waals surface area contributed by atoms with E-state index < -0.39 is 0 Å². The van der Waals surface area contributed by atoms with Crippen molar-refractivity contribution in [1.82, 2.24) is 5.32 Å². The molecule has 1 aliphatic carbocycles. The molecule has 2 heteroatoms. The highest BCUT2D eigenvalue weighted by Crippen LogP contribution is 2.31. The molecule has 0 bridgehead atoms. The smallest absolute Gasteiger partial charge is 0.131 e. The predicted molar refractivity (Wildman–Crippen MR) is 88.0 cm³/mol. The molecule has 2 rings (SSSR count). The van der Waals surface area contributed by atoms with Crippen molar-refractivity contribution >= 4 is 0 Å². The molecule has 0 aliphatic heterocycles. The highest BCUT2D eigenvalue weighted by molar-refractivity contribution is 5.33. The molecule has 1 unspecified atom stereocenters. The van der Waals surface area contributed by atoms with Gasteiger partial charge in [0.15, 0.2) is 0 Å². The molecule has 0 aromatic heterocycles. The van der Waals surface area contributed by atoms with Gasteiger partial charge in [0.05, 0.1) is 6.04 Å². The summed E-state index contributed by atoms with van der Waals surface area (Å²) in [6.45, 7) is 4.93. The summed E-state index contributed by atoms with van der Waals surface area (Å²) < 4.78 is 14.5. The highest BCUT2D eigenvalue weighted by Gasteiger charge is 2.20. The van der Waals surface area contributed by atoms with Crippen molar-refractivity contribution < 1.29 is 4.39 Å². The summed E-state index contributed by atoms with van der Waals surface area (Å²) in [5, 5.41) is 3.56. The highest BCUT2D eigenvalue weighted by atomic mass is 19.1. The van der Waals surface area contributed by atoms with E-state index in [9.17, 15) is 4.39 Å². The first-order valence-corrected chi connectivity index (χ1v) is 8.41. The fraction of sp³-hybridized carbons (Fsp3) is 0.579. The van der Waals surface area contributed by atoms with Crippen LogP contribution in [-0.4, -0.2) is 6.54 Å². The Bertz CT molecular complexity index is 478. The first-order chi connectivity index (χ1) is 10.2. The minimum atomic E-state index is -0.0472. The number of hydrogen-bond donors (Lipinski definition) is 1. The van der Waals surface area contributed by atoms with Gasteiger partial charge in [-0.25, -0.2) is 4.39 Å². The molecule has 0 radical (unpaired) electrons. The summed E-state index contributed by atoms with van der Waals surface area (Å²) in [6.07, 6.45) is 10.8. The van der Waals surface area contributed by atoms with Crippen LogP contribution >= 0.6 is 0 Å². The molecule has 0 fully saturated rings. The zero-order valence-electron chi connectivity index (χ0n) is 13.4. The van der Waals surface area contributed by atoms with Crippen molar-refractivity contribution in [3.8, 4) is 0 Å². The maximum atomic E-state index is 14.5. The number of halogens is 1. The Morgan fingerprint density at radius 1 is 1.19 bits per heavy atom. The predicted octanol–water partition coefficient (Wildman–Crippen LogP) is 5.46. The largest absolute Gasteiger partial charge is 0.306 e. The summed E-state index contributed by atoms with van der Waals surface area (Å²) in [4.78, 5) is 0. The van der Waals surface area contributed by atoms with Crippen molar-refractivity contribution in [3.05, 3.63) is 46.8 Å². The van der Waals surface area contributed by atoms with E-state index in [1.54, 1.807) is 0 Å². The van der Waals surface area contributed by atoms with Gasteiger partial charge in [0.2, 0.25) is 0 Å². The topological polar surface area (TPSA) is 12.0 Å². The third-order valence-electron chi connectivity index (χ3n) is 4.33. The van der Waals surface area contributed by atoms with Crippen LogP contribution in [0.2, 0.25) is 0 Å². The number of rotatable bonds is 5. The van der Waals surface area contributed by atoms with Gasteiger partial charge in [0.25, 0.3) is 0 Å². The Hall–Kier alpha value is -1.15. The van der Waals surface area contributed by atoms with Crippen LogP contribution in [0.15, 0.2) is 29.8 Å². The van der Waals surface area contributed by atoms with Crippen molar-refractivity contribution in [2.75, 3.05) is 6.54 Å². The average Bonchev–Trinajstić information content (AvgIpc) is 2.44. The molecule has 116 valence electrons. The fourth-order valence-corrected chi connectivity index (χ4v) is 3.10. The van der Waals surface area contributed by atoms with E-state index in [0.29, 0.717) is 0 Å². The molecular formula is C19H28FN. The Balaban J connectivity index is 2.30. The maximum Gasteiger partial charge on any atom is 0.131 e. The van der Waals surface area contributed by atoms with Gasteiger partial charge in [0.1, 0.15) is 5.82 Å². The van der Waals surface area contributed by atoms with E-state index in [2.05, 4.69) is 18.3 Å². The second kappa shape index (κ2) is 8.33. The lowest BCUT2D eigenvalue weighted by Gasteiger charge is -2.25. The quantitative estimate of drug-likeness (QED) is 0.710. The van der Waals surface area contributed by atoms with Crippen molar-refractivity contribution in [3.63, 3.8) is 0 Å². The second-order valence-electron chi connectivity index (χ2n) is 6.10. The van der Waals surface area contributed by atoms with Crippen molar-refractivity contribution in [2.45, 2.75) is 64.8 Å². The molecule has 1 atom stereocenters. The molecule has 1 N–H and O–H groups in total. The van der Waals surface area contributed by atoms with E-state index in [1.807, 2.05) is 25.1 Å². The zero-order valence-corrected chi connectivity index (χ0v) is 13.4. The van der Waals surface area contributed by atoms with Crippen molar-refractivity contribution in [1.29, 1.82) is 0 Å². The Morgan fingerprint density at radius 2 is 2.00 bits per heavy atom. The molecule has 1 aromatic carbocycles. The van der Waals surface area contributed by atoms with Gasteiger partial charge in [0, 0.05) is 5.56 Å². The molecule has 0 amide bonds. The second-order valence-corrected chi connectivity index (χ2v) is 6.10. The van der Waals surface area contributed by atoms with Crippen LogP contribution in [-0.2, 0) is 0 Å². The van der Waals surface area contributed by atoms with Crippen LogP contribution in [0.3, 0.4) is 0 Å². The van der Waals surface area contributed by atoms with Gasteiger partial charge < -0.3 is 5.32 Å². The van der Waals surface area contributed by atoms with E-state index in [4.69, 9.17) is 0 Å². The number of aryl methyl sites for hydroxylation is 1. The van der Waals surface area contributed by atoms with Gasteiger partial charge in [-0.05, 0) is 51.1 Å². The molecule has 0 saturated heterocycles. The summed E-state index contributed by atoms with van der Waals surface area (Å²) >= 11 is 0. The Labute approximate surface area is 128 Å². The van der Waals surface area contributed by atoms with Crippen LogP contribution in [0, 0.1) is 12.7 Å². The molecule has 0 saturated carbocycles. The summed E-state index contributed by atoms with van der Waals surface area (Å²) in [7, 11) is 0. The molecule has 1 aromatic rings. The minimum Gasteiger partial charge on any atom is -0.306 e. The molecular weight excluding hydrogens is 261 g/mol. The molecule has 21 heavy (non-hydrogen) atoms. The maximum absolute atomic E-state index is 14.5. The van der Waals surface area contributed by atoms with Gasteiger partial charge in [-0.3, -0.25) is 0 Å². The zero-order chi connectivity index (χ0) is 15.1. The van der Waals surface area contributed by atoms with Crippen LogP contribution in [0.4, 0.5) is 4.39 Å². The number of hydrogen-bond acceptors (Lipinski definition) is 1. The normalized spacial score (nSPS) is 20.2. The lowest BCUT2D eigenvalue weighted by Crippen LogP contribution is -2.25. The van der Waals surface area contributed by atoms with Gasteiger partial charge in [-0.15, -0.1) is 0 Å². The fourth-order valence-electron chi connectivity index (χ4n) is 3.10. The van der Waals surface area contributed by atoms with Crippen LogP contribution < -0.4 is 5.32 Å². The van der Waals surface area contributed by atoms with Gasteiger partial charge in [-0.1, -0.05) is 49.6 Å². The molecule has 0 spiro atoms. The van der Waals surface area contributed by atoms with Crippen molar-refractivity contribution in [2.24, 2.45) is 0 Å². The summed E-state index contributed by atoms with van der Waals surface area (Å²) in [6, 6.07) is 5.80. The average molecular weight is 289 g/mol. The first-order valence-electron chi connectivity index (χ1n) is 8.41. The third kappa shape index (κ3) is 4.41. The SMILES string of the molecule is CCCNC(/C1=C/CCCCCC1)c1cccc(C)c1F. The third-order valence-corrected chi connectivity index (χ3v) is 4.33. The van der Waals surface area contributed by atoms with Gasteiger partial charge >= 0.3 is 0 Å². The van der Waals surface area contributed by atoms with Crippen LogP contribution in [0.25, 0.3) is 0 Å². The molecule has 1 aliphatic rings. The van der Waals surface area contributed by atoms with Crippen LogP contribution in [0.5, 0.6) is 0 Å². The van der Waals surface area contributed by atoms with Gasteiger partial charge in [-0.2, -0.15) is 0 Å². The Kier molecular flexibility index (Phi) is 6.44. The Morgan fingerprint density at radius 3 is 2.81 bits per heavy atom. The lowest BCUT2D eigenvalue weighted by atomic mass is 9.90. The van der Waals surface area contributed by atoms with E-state index >= 15 is 0 Å². The van der Waals surface area contributed by atoms with E-state index in [-0.39, 0.29) is 11.9 Å². The standard InChI is InChI=1S/C19H28FN/c1-3-14-21-19(16-11-7-5-4-6-8-12-16)17-13-9-10-15(2)18(17)20/h9-11,13,19,21H,3-8,12,14H2,1-2H3/b16-11+. The van der Waals surface area contributed by atoms with Crippen LogP contribution in [0.1, 0.15) is 69.0 Å². The minimum absolute atomic E-state index is 0.0444. The monoisotopic (exact) mass is 289 g/mol.